The summed E-state index contributed by atoms with van der Waals surface area (Å²) in [6.07, 6.45) is -7.19. The third-order valence-electron chi connectivity index (χ3n) is 4.05. The Hall–Kier alpha value is -1.60. The van der Waals surface area contributed by atoms with Crippen molar-refractivity contribution in [2.45, 2.75) is 51.9 Å². The van der Waals surface area contributed by atoms with Crippen molar-refractivity contribution in [3.63, 3.8) is 0 Å². The van der Waals surface area contributed by atoms with Gasteiger partial charge in [-0.1, -0.05) is 32.0 Å². The summed E-state index contributed by atoms with van der Waals surface area (Å²) < 4.78 is 37.3. The Kier molecular flexibility index (Phi) is 6.80. The van der Waals surface area contributed by atoms with E-state index in [1.807, 2.05) is 39.0 Å². The fourth-order valence-electron chi connectivity index (χ4n) is 2.30. The number of alkyl halides is 3. The average molecular weight is 346 g/mol. The van der Waals surface area contributed by atoms with Crippen LogP contribution in [0.3, 0.4) is 0 Å². The number of aliphatic hydroxyl groups excluding tert-OH is 1. The molecule has 0 aromatic heterocycles. The number of carbonyl (C=O) groups is 1. The lowest BCUT2D eigenvalue weighted by molar-refractivity contribution is -0.208. The molecule has 0 aliphatic rings. The van der Waals surface area contributed by atoms with E-state index in [0.29, 0.717) is 5.69 Å². The molecule has 0 radical (unpaired) electrons. The minimum Gasteiger partial charge on any atom is -0.382 e. The van der Waals surface area contributed by atoms with Crippen LogP contribution in [0.1, 0.15) is 37.8 Å². The summed E-state index contributed by atoms with van der Waals surface area (Å²) in [6, 6.07) is 4.86. The van der Waals surface area contributed by atoms with Crippen molar-refractivity contribution in [3.05, 3.63) is 29.3 Å². The van der Waals surface area contributed by atoms with Gasteiger partial charge in [0.2, 0.25) is 5.91 Å². The van der Waals surface area contributed by atoms with Crippen molar-refractivity contribution in [1.82, 2.24) is 4.90 Å². The number of aliphatic hydroxyl groups is 1. The monoisotopic (exact) mass is 346 g/mol. The first-order valence-electron chi connectivity index (χ1n) is 7.80. The van der Waals surface area contributed by atoms with Crippen molar-refractivity contribution in [3.8, 4) is 0 Å². The fourth-order valence-corrected chi connectivity index (χ4v) is 2.30. The SMILES string of the molecule is Cc1cccc(C(C)C)c1NC(=O)C(C)N(C)CC(O)C(F)(F)F. The standard InChI is InChI=1S/C17H25F3N2O2/c1-10(2)13-8-6-7-11(3)15(13)21-16(24)12(4)22(5)9-14(23)17(18,19)20/h6-8,10,12,14,23H,9H2,1-5H3,(H,21,24). The summed E-state index contributed by atoms with van der Waals surface area (Å²) in [7, 11) is 1.38. The van der Waals surface area contributed by atoms with Gasteiger partial charge in [-0.15, -0.1) is 0 Å². The van der Waals surface area contributed by atoms with Gasteiger partial charge in [0.25, 0.3) is 0 Å². The minimum atomic E-state index is -4.70. The molecule has 0 saturated heterocycles. The van der Waals surface area contributed by atoms with E-state index < -0.39 is 30.8 Å². The second-order valence-corrected chi connectivity index (χ2v) is 6.36. The van der Waals surface area contributed by atoms with E-state index in [2.05, 4.69) is 5.32 Å². The number of hydrogen-bond acceptors (Lipinski definition) is 3. The Morgan fingerprint density at radius 3 is 2.38 bits per heavy atom. The van der Waals surface area contributed by atoms with Crippen LogP contribution in [0.2, 0.25) is 0 Å². The molecule has 4 nitrogen and oxygen atoms in total. The number of likely N-dealkylation sites (N-methyl/N-ethyl adjacent to an activating group) is 1. The number of hydrogen-bond donors (Lipinski definition) is 2. The van der Waals surface area contributed by atoms with Crippen LogP contribution in [0.15, 0.2) is 18.2 Å². The molecule has 1 aromatic rings. The normalized spacial score (nSPS) is 14.8. The quantitative estimate of drug-likeness (QED) is 0.831. The molecule has 0 saturated carbocycles. The Morgan fingerprint density at radius 1 is 1.29 bits per heavy atom. The van der Waals surface area contributed by atoms with Gasteiger partial charge in [-0.3, -0.25) is 9.69 Å². The van der Waals surface area contributed by atoms with E-state index in [1.165, 1.54) is 18.9 Å². The van der Waals surface area contributed by atoms with Crippen LogP contribution >= 0.6 is 0 Å². The van der Waals surface area contributed by atoms with Crippen LogP contribution in [0.25, 0.3) is 0 Å². The van der Waals surface area contributed by atoms with Gasteiger partial charge in [0.1, 0.15) is 0 Å². The molecule has 1 aromatic carbocycles. The maximum atomic E-state index is 12.4. The first kappa shape index (κ1) is 20.4. The summed E-state index contributed by atoms with van der Waals surface area (Å²) in [5.74, 6) is -0.219. The lowest BCUT2D eigenvalue weighted by atomic mass is 9.98. The van der Waals surface area contributed by atoms with Gasteiger partial charge in [0, 0.05) is 12.2 Å². The van der Waals surface area contributed by atoms with Gasteiger partial charge in [-0.2, -0.15) is 13.2 Å². The van der Waals surface area contributed by atoms with Crippen LogP contribution in [0.5, 0.6) is 0 Å². The molecule has 0 spiro atoms. The largest absolute Gasteiger partial charge is 0.415 e. The van der Waals surface area contributed by atoms with E-state index in [9.17, 15) is 18.0 Å². The molecule has 0 aliphatic heterocycles. The first-order valence-corrected chi connectivity index (χ1v) is 7.80. The van der Waals surface area contributed by atoms with Gasteiger partial charge >= 0.3 is 6.18 Å². The van der Waals surface area contributed by atoms with E-state index >= 15 is 0 Å². The second kappa shape index (κ2) is 7.98. The number of nitrogens with zero attached hydrogens (tertiary/aromatic N) is 1. The van der Waals surface area contributed by atoms with Crippen LogP contribution in [0.4, 0.5) is 18.9 Å². The maximum absolute atomic E-state index is 12.4. The number of benzene rings is 1. The summed E-state index contributed by atoms with van der Waals surface area (Å²) >= 11 is 0. The predicted molar refractivity (Wildman–Crippen MR) is 88.1 cm³/mol. The van der Waals surface area contributed by atoms with Crippen molar-refractivity contribution in [2.24, 2.45) is 0 Å². The molecular weight excluding hydrogens is 321 g/mol. The minimum absolute atomic E-state index is 0.195. The number of aryl methyl sites for hydroxylation is 1. The van der Waals surface area contributed by atoms with Gasteiger partial charge in [-0.25, -0.2) is 0 Å². The molecule has 2 unspecified atom stereocenters. The van der Waals surface area contributed by atoms with Crippen molar-refractivity contribution < 1.29 is 23.1 Å². The van der Waals surface area contributed by atoms with Gasteiger partial charge in [0.15, 0.2) is 6.10 Å². The van der Waals surface area contributed by atoms with E-state index in [4.69, 9.17) is 5.11 Å². The molecule has 24 heavy (non-hydrogen) atoms. The smallest absolute Gasteiger partial charge is 0.382 e. The molecule has 0 fully saturated rings. The number of rotatable bonds is 6. The van der Waals surface area contributed by atoms with E-state index in [-0.39, 0.29) is 5.92 Å². The second-order valence-electron chi connectivity index (χ2n) is 6.36. The average Bonchev–Trinajstić information content (AvgIpc) is 2.46. The highest BCUT2D eigenvalue weighted by Gasteiger charge is 2.39. The fraction of sp³-hybridized carbons (Fsp3) is 0.588. The van der Waals surface area contributed by atoms with Gasteiger partial charge in [0.05, 0.1) is 6.04 Å². The molecule has 1 amide bonds. The third kappa shape index (κ3) is 5.21. The van der Waals surface area contributed by atoms with E-state index in [1.54, 1.807) is 0 Å². The van der Waals surface area contributed by atoms with Crippen LogP contribution in [-0.4, -0.2) is 47.8 Å². The summed E-state index contributed by atoms with van der Waals surface area (Å²) in [5, 5.41) is 11.9. The molecule has 0 aliphatic carbocycles. The van der Waals surface area contributed by atoms with Crippen LogP contribution in [-0.2, 0) is 4.79 Å². The zero-order valence-corrected chi connectivity index (χ0v) is 14.6. The highest BCUT2D eigenvalue weighted by atomic mass is 19.4. The molecule has 0 heterocycles. The molecule has 1 rings (SSSR count). The van der Waals surface area contributed by atoms with Crippen LogP contribution < -0.4 is 5.32 Å². The van der Waals surface area contributed by atoms with Gasteiger partial charge in [-0.05, 0) is 37.9 Å². The number of halogens is 3. The van der Waals surface area contributed by atoms with Crippen molar-refractivity contribution >= 4 is 11.6 Å². The summed E-state index contributed by atoms with van der Waals surface area (Å²) in [6.45, 7) is 6.71. The van der Waals surface area contributed by atoms with E-state index in [0.717, 1.165) is 11.1 Å². The summed E-state index contributed by atoms with van der Waals surface area (Å²) in [4.78, 5) is 13.6. The zero-order chi connectivity index (χ0) is 18.7. The molecule has 2 atom stereocenters. The number of amides is 1. The lowest BCUT2D eigenvalue weighted by Crippen LogP contribution is -2.46. The van der Waals surface area contributed by atoms with Crippen molar-refractivity contribution in [2.75, 3.05) is 18.9 Å². The van der Waals surface area contributed by atoms with Crippen molar-refractivity contribution in [1.29, 1.82) is 0 Å². The molecule has 136 valence electrons. The maximum Gasteiger partial charge on any atom is 0.415 e. The first-order chi connectivity index (χ1) is 10.9. The van der Waals surface area contributed by atoms with Crippen LogP contribution in [0, 0.1) is 6.92 Å². The number of para-hydroxylation sites is 1. The Bertz CT molecular complexity index is 573. The number of carbonyl (C=O) groups excluding carboxylic acids is 1. The lowest BCUT2D eigenvalue weighted by Gasteiger charge is -2.27. The zero-order valence-electron chi connectivity index (χ0n) is 14.6. The Labute approximate surface area is 140 Å². The summed E-state index contributed by atoms with van der Waals surface area (Å²) in [5.41, 5.74) is 2.54. The molecular formula is C17H25F3N2O2. The molecule has 0 bridgehead atoms. The topological polar surface area (TPSA) is 52.6 Å². The molecule has 7 heteroatoms. The molecule has 2 N–H and O–H groups in total. The third-order valence-corrected chi connectivity index (χ3v) is 4.05. The number of nitrogens with one attached hydrogen (secondary N) is 1. The Balaban J connectivity index is 2.85. The van der Waals surface area contributed by atoms with Gasteiger partial charge < -0.3 is 10.4 Å². The predicted octanol–water partition coefficient (Wildman–Crippen LogP) is 3.30. The Morgan fingerprint density at radius 2 is 1.88 bits per heavy atom. The highest BCUT2D eigenvalue weighted by molar-refractivity contribution is 5.96. The highest BCUT2D eigenvalue weighted by Crippen LogP contribution is 2.28. The number of anilines is 1.